The highest BCUT2D eigenvalue weighted by atomic mass is 16.2. The summed E-state index contributed by atoms with van der Waals surface area (Å²) in [4.78, 5) is 34.7. The van der Waals surface area contributed by atoms with Crippen molar-refractivity contribution in [1.82, 2.24) is 19.5 Å². The van der Waals surface area contributed by atoms with E-state index in [2.05, 4.69) is 15.0 Å². The first-order valence-electron chi connectivity index (χ1n) is 5.86. The summed E-state index contributed by atoms with van der Waals surface area (Å²) in [5.41, 5.74) is 2.75. The number of aromatic amines is 1. The molecule has 1 aromatic carbocycles. The minimum absolute atomic E-state index is 0.184. The molecule has 0 spiro atoms. The topological polar surface area (TPSA) is 80.6 Å². The zero-order valence-corrected chi connectivity index (χ0v) is 10.8. The molecule has 0 amide bonds. The second-order valence-corrected chi connectivity index (χ2v) is 4.60. The van der Waals surface area contributed by atoms with Crippen LogP contribution in [0.25, 0.3) is 22.6 Å². The van der Waals surface area contributed by atoms with Gasteiger partial charge in [-0.25, -0.2) is 9.78 Å². The molecule has 0 aliphatic carbocycles. The molecule has 0 bridgehead atoms. The van der Waals surface area contributed by atoms with Crippen molar-refractivity contribution in [3.63, 3.8) is 0 Å². The molecule has 2 aliphatic heterocycles. The molecule has 1 aromatic rings. The number of hydrogen-bond donors (Lipinski definition) is 1. The van der Waals surface area contributed by atoms with Gasteiger partial charge in [-0.05, 0) is 31.0 Å². The number of hydrogen-bond acceptors (Lipinski definition) is 4. The zero-order valence-electron chi connectivity index (χ0n) is 10.8. The van der Waals surface area contributed by atoms with Crippen LogP contribution in [0, 0.1) is 13.8 Å². The van der Waals surface area contributed by atoms with Crippen molar-refractivity contribution in [2.24, 2.45) is 7.05 Å². The summed E-state index contributed by atoms with van der Waals surface area (Å²) < 4.78 is 0.958. The highest BCUT2D eigenvalue weighted by Gasteiger charge is 2.16. The van der Waals surface area contributed by atoms with Crippen molar-refractivity contribution < 1.29 is 0 Å². The average Bonchev–Trinajstić information content (AvgIpc) is 2.39. The molecule has 0 atom stereocenters. The minimum atomic E-state index is -0.585. The molecule has 0 saturated heterocycles. The Hall–Kier alpha value is -2.50. The number of rotatable bonds is 0. The average molecular weight is 256 g/mol. The maximum Gasteiger partial charge on any atom is 0.352 e. The van der Waals surface area contributed by atoms with Crippen molar-refractivity contribution in [3.8, 4) is 11.5 Å². The molecule has 19 heavy (non-hydrogen) atoms. The van der Waals surface area contributed by atoms with E-state index in [1.54, 1.807) is 0 Å². The standard InChI is InChI=1S/C13H12N4O2/c1-6-4-5-8-9(7(6)2)15-10-11(14-8)16-13(19)17(3)12(10)18/h4-5H,1-3H3,(H,14,16,19). The first kappa shape index (κ1) is 11.6. The Morgan fingerprint density at radius 1 is 1.16 bits per heavy atom. The van der Waals surface area contributed by atoms with Gasteiger partial charge in [-0.1, -0.05) is 6.07 Å². The van der Waals surface area contributed by atoms with Crippen LogP contribution in [0.3, 0.4) is 0 Å². The van der Waals surface area contributed by atoms with E-state index in [-0.39, 0.29) is 11.5 Å². The molecule has 2 aliphatic rings. The summed E-state index contributed by atoms with van der Waals surface area (Å²) in [7, 11) is 1.39. The first-order chi connectivity index (χ1) is 8.99. The van der Waals surface area contributed by atoms with E-state index in [0.717, 1.165) is 26.7 Å². The molecular formula is C13H12N4O2. The molecule has 0 unspecified atom stereocenters. The highest BCUT2D eigenvalue weighted by molar-refractivity contribution is 5.82. The van der Waals surface area contributed by atoms with Gasteiger partial charge in [-0.3, -0.25) is 9.36 Å². The summed E-state index contributed by atoms with van der Waals surface area (Å²) in [5, 5.41) is 0. The van der Waals surface area contributed by atoms with Crippen LogP contribution in [-0.2, 0) is 7.05 Å². The predicted octanol–water partition coefficient (Wildman–Crippen LogP) is 0.738. The number of fused-ring (bicyclic) bond motifs is 2. The molecule has 0 radical (unpaired) electrons. The zero-order chi connectivity index (χ0) is 13.7. The van der Waals surface area contributed by atoms with Crippen LogP contribution in [-0.4, -0.2) is 19.5 Å². The Balaban J connectivity index is 2.58. The Kier molecular flexibility index (Phi) is 2.28. The van der Waals surface area contributed by atoms with Gasteiger partial charge in [-0.2, -0.15) is 4.98 Å². The van der Waals surface area contributed by atoms with Crippen molar-refractivity contribution in [2.45, 2.75) is 13.8 Å². The van der Waals surface area contributed by atoms with E-state index in [4.69, 9.17) is 0 Å². The van der Waals surface area contributed by atoms with Gasteiger partial charge in [0.15, 0.2) is 11.5 Å². The van der Waals surface area contributed by atoms with Gasteiger partial charge in [0.05, 0.1) is 11.0 Å². The van der Waals surface area contributed by atoms with Crippen molar-refractivity contribution in [3.05, 3.63) is 44.1 Å². The Bertz CT molecular complexity index is 892. The number of nitrogens with one attached hydrogen (secondary N) is 1. The largest absolute Gasteiger partial charge is 0.352 e. The fraction of sp³-hybridized carbons (Fsp3) is 0.231. The van der Waals surface area contributed by atoms with Gasteiger partial charge < -0.3 is 4.98 Å². The number of H-pyrrole nitrogens is 1. The second-order valence-electron chi connectivity index (χ2n) is 4.60. The number of aromatic nitrogens is 4. The maximum absolute atomic E-state index is 12.0. The summed E-state index contributed by atoms with van der Waals surface area (Å²) in [6.07, 6.45) is 0. The lowest BCUT2D eigenvalue weighted by molar-refractivity contribution is 0.766. The lowest BCUT2D eigenvalue weighted by atomic mass is 10.1. The molecule has 6 nitrogen and oxygen atoms in total. The van der Waals surface area contributed by atoms with Crippen molar-refractivity contribution in [1.29, 1.82) is 0 Å². The third kappa shape index (κ3) is 1.56. The van der Waals surface area contributed by atoms with E-state index >= 15 is 0 Å². The van der Waals surface area contributed by atoms with Crippen LogP contribution in [0.4, 0.5) is 0 Å². The molecule has 96 valence electrons. The summed E-state index contributed by atoms with van der Waals surface area (Å²) in [6.45, 7) is 3.93. The van der Waals surface area contributed by atoms with E-state index < -0.39 is 11.2 Å². The summed E-state index contributed by atoms with van der Waals surface area (Å²) >= 11 is 0. The molecule has 0 aromatic heterocycles. The lowest BCUT2D eigenvalue weighted by Crippen LogP contribution is -2.35. The van der Waals surface area contributed by atoms with Crippen LogP contribution < -0.4 is 11.2 Å². The lowest BCUT2D eigenvalue weighted by Gasteiger charge is -2.09. The van der Waals surface area contributed by atoms with Crippen LogP contribution in [0.15, 0.2) is 21.7 Å². The Labute approximate surface area is 108 Å². The van der Waals surface area contributed by atoms with Crippen LogP contribution >= 0.6 is 0 Å². The van der Waals surface area contributed by atoms with Crippen LogP contribution in [0.2, 0.25) is 0 Å². The third-order valence-electron chi connectivity index (χ3n) is 3.40. The van der Waals surface area contributed by atoms with Crippen LogP contribution in [0.1, 0.15) is 11.1 Å². The summed E-state index contributed by atoms with van der Waals surface area (Å²) in [5.74, 6) is 0.226. The minimum Gasteiger partial charge on any atom is -0.336 e. The molecular weight excluding hydrogens is 244 g/mol. The predicted molar refractivity (Wildman–Crippen MR) is 71.5 cm³/mol. The fourth-order valence-corrected chi connectivity index (χ4v) is 2.04. The molecule has 0 fully saturated rings. The number of aryl methyl sites for hydroxylation is 2. The highest BCUT2D eigenvalue weighted by Crippen LogP contribution is 2.21. The quantitative estimate of drug-likeness (QED) is 0.601. The molecule has 3 rings (SSSR count). The molecule has 0 saturated carbocycles. The van der Waals surface area contributed by atoms with E-state index in [9.17, 15) is 9.59 Å². The fourth-order valence-electron chi connectivity index (χ4n) is 2.04. The van der Waals surface area contributed by atoms with E-state index in [1.807, 2.05) is 26.0 Å². The maximum atomic E-state index is 12.0. The SMILES string of the molecule is Cc1ccc2[nH]c3nc(=O)n(C)c(=O)c-3nc2c1C. The Morgan fingerprint density at radius 3 is 2.63 bits per heavy atom. The van der Waals surface area contributed by atoms with Gasteiger partial charge in [0, 0.05) is 7.05 Å². The van der Waals surface area contributed by atoms with Gasteiger partial charge in [0.25, 0.3) is 5.56 Å². The monoisotopic (exact) mass is 256 g/mol. The smallest absolute Gasteiger partial charge is 0.336 e. The molecule has 6 heteroatoms. The second kappa shape index (κ2) is 3.74. The first-order valence-corrected chi connectivity index (χ1v) is 5.86. The van der Waals surface area contributed by atoms with Gasteiger partial charge in [-0.15, -0.1) is 0 Å². The normalized spacial score (nSPS) is 11.3. The third-order valence-corrected chi connectivity index (χ3v) is 3.40. The Morgan fingerprint density at radius 2 is 1.89 bits per heavy atom. The number of benzene rings is 1. The van der Waals surface area contributed by atoms with Crippen molar-refractivity contribution in [2.75, 3.05) is 0 Å². The van der Waals surface area contributed by atoms with Crippen molar-refractivity contribution >= 4 is 11.0 Å². The van der Waals surface area contributed by atoms with E-state index in [1.165, 1.54) is 7.05 Å². The number of nitrogens with zero attached hydrogens (tertiary/aromatic N) is 3. The van der Waals surface area contributed by atoms with Gasteiger partial charge in [0.1, 0.15) is 0 Å². The molecule has 2 heterocycles. The van der Waals surface area contributed by atoms with Crippen LogP contribution in [0.5, 0.6) is 0 Å². The molecule has 1 N–H and O–H groups in total. The van der Waals surface area contributed by atoms with Gasteiger partial charge in [0.2, 0.25) is 0 Å². The van der Waals surface area contributed by atoms with E-state index in [0.29, 0.717) is 0 Å². The summed E-state index contributed by atoms with van der Waals surface area (Å²) in [6, 6.07) is 3.83. The van der Waals surface area contributed by atoms with Gasteiger partial charge >= 0.3 is 5.69 Å².